The van der Waals surface area contributed by atoms with Gasteiger partial charge in [0.25, 0.3) is 11.2 Å². The van der Waals surface area contributed by atoms with Crippen LogP contribution in [0.15, 0.2) is 58.3 Å². The molecule has 3 aromatic rings. The van der Waals surface area contributed by atoms with E-state index in [1.165, 1.54) is 24.4 Å². The average molecular weight is 337 g/mol. The highest BCUT2D eigenvalue weighted by Gasteiger charge is 2.14. The minimum atomic E-state index is -0.517. The van der Waals surface area contributed by atoms with Crippen molar-refractivity contribution in [1.29, 1.82) is 0 Å². The Morgan fingerprint density at radius 3 is 2.72 bits per heavy atom. The number of aromatic hydroxyl groups is 1. The summed E-state index contributed by atoms with van der Waals surface area (Å²) < 4.78 is 1.55. The number of benzene rings is 2. The highest BCUT2D eigenvalue weighted by atomic mass is 16.6. The Hall–Kier alpha value is -3.48. The number of nitrogens with zero attached hydrogens (tertiary/aromatic N) is 3. The van der Waals surface area contributed by atoms with Crippen LogP contribution in [-0.2, 0) is 6.54 Å². The molecule has 2 aromatic carbocycles. The van der Waals surface area contributed by atoms with E-state index in [1.807, 2.05) is 6.92 Å². The zero-order chi connectivity index (χ0) is 18.0. The molecule has 1 N–H and O–H groups in total. The number of aryl methyl sites for hydroxylation is 1. The number of nitro benzene ring substituents is 1. The molecule has 0 fully saturated rings. The molecule has 0 saturated carbocycles. The molecule has 126 valence electrons. The molecule has 0 amide bonds. The van der Waals surface area contributed by atoms with Gasteiger partial charge in [-0.25, -0.2) is 0 Å². The third-order valence-corrected chi connectivity index (χ3v) is 3.88. The maximum Gasteiger partial charge on any atom is 0.271 e. The van der Waals surface area contributed by atoms with E-state index < -0.39 is 4.92 Å². The van der Waals surface area contributed by atoms with Gasteiger partial charge in [0.2, 0.25) is 0 Å². The van der Waals surface area contributed by atoms with Crippen molar-refractivity contribution in [3.63, 3.8) is 0 Å². The average Bonchev–Trinajstić information content (AvgIpc) is 2.62. The molecule has 0 aliphatic rings. The topological polar surface area (TPSA) is 97.7 Å². The van der Waals surface area contributed by atoms with Gasteiger partial charge < -0.3 is 9.67 Å². The van der Waals surface area contributed by atoms with Gasteiger partial charge in [-0.2, -0.15) is 0 Å². The number of aromatic nitrogens is 1. The minimum Gasteiger partial charge on any atom is -0.506 e. The molecule has 0 aliphatic heterocycles. The van der Waals surface area contributed by atoms with E-state index in [0.717, 1.165) is 0 Å². The standard InChI is InChI=1S/C18H15N3O4/c1-2-20-16-9-4-3-8-14(16)17(22)15(18(20)23)11-19-12-6-5-7-13(10-12)21(24)25/h3-11,22H,2H2,1H3. The van der Waals surface area contributed by atoms with Crippen LogP contribution in [0.4, 0.5) is 11.4 Å². The van der Waals surface area contributed by atoms with E-state index in [-0.39, 0.29) is 22.6 Å². The smallest absolute Gasteiger partial charge is 0.271 e. The molecule has 7 nitrogen and oxygen atoms in total. The van der Waals surface area contributed by atoms with Crippen molar-refractivity contribution < 1.29 is 10.0 Å². The van der Waals surface area contributed by atoms with Gasteiger partial charge in [0.1, 0.15) is 11.3 Å². The summed E-state index contributed by atoms with van der Waals surface area (Å²) in [6.07, 6.45) is 1.25. The van der Waals surface area contributed by atoms with Crippen molar-refractivity contribution in [3.05, 3.63) is 74.6 Å². The normalized spacial score (nSPS) is 11.2. The summed E-state index contributed by atoms with van der Waals surface area (Å²) >= 11 is 0. The number of hydrogen-bond acceptors (Lipinski definition) is 5. The highest BCUT2D eigenvalue weighted by Crippen LogP contribution is 2.26. The van der Waals surface area contributed by atoms with Gasteiger partial charge >= 0.3 is 0 Å². The summed E-state index contributed by atoms with van der Waals surface area (Å²) in [4.78, 5) is 27.1. The zero-order valence-corrected chi connectivity index (χ0v) is 13.4. The summed E-state index contributed by atoms with van der Waals surface area (Å²) in [5.74, 6) is -0.153. The number of rotatable bonds is 4. The van der Waals surface area contributed by atoms with E-state index in [1.54, 1.807) is 34.9 Å². The Bertz CT molecular complexity index is 1050. The van der Waals surface area contributed by atoms with Crippen LogP contribution in [0.5, 0.6) is 5.75 Å². The zero-order valence-electron chi connectivity index (χ0n) is 13.4. The molecule has 0 aliphatic carbocycles. The first-order chi connectivity index (χ1) is 12.0. The molecule has 0 radical (unpaired) electrons. The van der Waals surface area contributed by atoms with E-state index in [2.05, 4.69) is 4.99 Å². The Balaban J connectivity index is 2.15. The summed E-state index contributed by atoms with van der Waals surface area (Å²) in [6, 6.07) is 12.8. The minimum absolute atomic E-state index is 0.0482. The summed E-state index contributed by atoms with van der Waals surface area (Å²) in [5.41, 5.74) is 0.549. The van der Waals surface area contributed by atoms with Gasteiger partial charge in [-0.05, 0) is 25.1 Å². The Labute approximate surface area is 142 Å². The van der Waals surface area contributed by atoms with Gasteiger partial charge in [0, 0.05) is 30.3 Å². The van der Waals surface area contributed by atoms with Crippen molar-refractivity contribution in [2.75, 3.05) is 0 Å². The fourth-order valence-corrected chi connectivity index (χ4v) is 2.67. The molecule has 0 spiro atoms. The molecule has 3 rings (SSSR count). The van der Waals surface area contributed by atoms with Crippen LogP contribution in [0.1, 0.15) is 12.5 Å². The van der Waals surface area contributed by atoms with Gasteiger partial charge in [-0.3, -0.25) is 19.9 Å². The third-order valence-electron chi connectivity index (χ3n) is 3.88. The van der Waals surface area contributed by atoms with E-state index in [4.69, 9.17) is 0 Å². The molecule has 7 heteroatoms. The molecular formula is C18H15N3O4. The Kier molecular flexibility index (Phi) is 4.30. The van der Waals surface area contributed by atoms with E-state index in [9.17, 15) is 20.0 Å². The monoisotopic (exact) mass is 337 g/mol. The first-order valence-electron chi connectivity index (χ1n) is 7.66. The van der Waals surface area contributed by atoms with Gasteiger partial charge in [0.15, 0.2) is 0 Å². The predicted molar refractivity (Wildman–Crippen MR) is 95.9 cm³/mol. The van der Waals surface area contributed by atoms with Crippen molar-refractivity contribution >= 4 is 28.5 Å². The van der Waals surface area contributed by atoms with Gasteiger partial charge in [0.05, 0.1) is 16.1 Å². The molecule has 0 bridgehead atoms. The summed E-state index contributed by atoms with van der Waals surface area (Å²) in [5, 5.41) is 21.8. The van der Waals surface area contributed by atoms with Gasteiger partial charge in [-0.15, -0.1) is 0 Å². The van der Waals surface area contributed by atoms with Crippen molar-refractivity contribution in [2.24, 2.45) is 4.99 Å². The molecule has 1 heterocycles. The number of non-ortho nitro benzene ring substituents is 1. The number of para-hydroxylation sites is 1. The molecule has 0 unspecified atom stereocenters. The molecule has 25 heavy (non-hydrogen) atoms. The lowest BCUT2D eigenvalue weighted by Gasteiger charge is -2.11. The third kappa shape index (κ3) is 2.99. The van der Waals surface area contributed by atoms with Crippen LogP contribution in [0.2, 0.25) is 0 Å². The number of nitro groups is 1. The maximum absolute atomic E-state index is 12.6. The largest absolute Gasteiger partial charge is 0.506 e. The predicted octanol–water partition coefficient (Wildman–Crippen LogP) is 3.39. The second kappa shape index (κ2) is 6.56. The lowest BCUT2D eigenvalue weighted by atomic mass is 10.1. The second-order valence-corrected chi connectivity index (χ2v) is 5.36. The fraction of sp³-hybridized carbons (Fsp3) is 0.111. The molecule has 0 atom stereocenters. The van der Waals surface area contributed by atoms with Crippen LogP contribution in [0, 0.1) is 10.1 Å². The Morgan fingerprint density at radius 1 is 1.24 bits per heavy atom. The molecular weight excluding hydrogens is 322 g/mol. The van der Waals surface area contributed by atoms with E-state index in [0.29, 0.717) is 23.1 Å². The fourth-order valence-electron chi connectivity index (χ4n) is 2.67. The summed E-state index contributed by atoms with van der Waals surface area (Å²) in [7, 11) is 0. The van der Waals surface area contributed by atoms with Gasteiger partial charge in [-0.1, -0.05) is 18.2 Å². The van der Waals surface area contributed by atoms with Crippen molar-refractivity contribution in [1.82, 2.24) is 4.57 Å². The highest BCUT2D eigenvalue weighted by molar-refractivity contribution is 5.95. The lowest BCUT2D eigenvalue weighted by molar-refractivity contribution is -0.384. The second-order valence-electron chi connectivity index (χ2n) is 5.36. The lowest BCUT2D eigenvalue weighted by Crippen LogP contribution is -2.23. The van der Waals surface area contributed by atoms with Crippen molar-refractivity contribution in [3.8, 4) is 5.75 Å². The van der Waals surface area contributed by atoms with Crippen LogP contribution < -0.4 is 5.56 Å². The number of hydrogen-bond donors (Lipinski definition) is 1. The van der Waals surface area contributed by atoms with Crippen LogP contribution in [-0.4, -0.2) is 20.8 Å². The van der Waals surface area contributed by atoms with Crippen LogP contribution in [0.25, 0.3) is 10.9 Å². The number of aliphatic imine (C=N–C) groups is 1. The molecule has 1 aromatic heterocycles. The quantitative estimate of drug-likeness (QED) is 0.448. The van der Waals surface area contributed by atoms with Crippen molar-refractivity contribution in [2.45, 2.75) is 13.5 Å². The van der Waals surface area contributed by atoms with Crippen LogP contribution in [0.3, 0.4) is 0 Å². The first kappa shape index (κ1) is 16.4. The summed E-state index contributed by atoms with van der Waals surface area (Å²) in [6.45, 7) is 2.28. The number of pyridine rings is 1. The SMILES string of the molecule is CCn1c(=O)c(C=Nc2cccc([N+](=O)[O-])c2)c(O)c2ccccc21. The number of fused-ring (bicyclic) bond motifs is 1. The Morgan fingerprint density at radius 2 is 2.00 bits per heavy atom. The maximum atomic E-state index is 12.6. The first-order valence-corrected chi connectivity index (χ1v) is 7.66. The van der Waals surface area contributed by atoms with E-state index >= 15 is 0 Å². The van der Waals surface area contributed by atoms with Crippen LogP contribution >= 0.6 is 0 Å². The molecule has 0 saturated heterocycles.